The number of ether oxygens (including phenoxy) is 3. The van der Waals surface area contributed by atoms with Crippen molar-refractivity contribution in [2.45, 2.75) is 62.6 Å². The van der Waals surface area contributed by atoms with E-state index in [1.165, 1.54) is 11.0 Å². The fraction of sp³-hybridized carbons (Fsp3) is 0.548. The van der Waals surface area contributed by atoms with E-state index in [2.05, 4.69) is 10.6 Å². The fourth-order valence-corrected chi connectivity index (χ4v) is 5.51. The van der Waals surface area contributed by atoms with Crippen LogP contribution >= 0.6 is 0 Å². The molecule has 11 nitrogen and oxygen atoms in total. The van der Waals surface area contributed by atoms with Crippen molar-refractivity contribution in [3.8, 4) is 0 Å². The van der Waals surface area contributed by atoms with Crippen molar-refractivity contribution in [1.82, 2.24) is 15.5 Å². The monoisotopic (exact) mass is 581 g/mol. The molecule has 0 bridgehead atoms. The Morgan fingerprint density at radius 1 is 1.02 bits per heavy atom. The summed E-state index contributed by atoms with van der Waals surface area (Å²) >= 11 is 0. The zero-order valence-corrected chi connectivity index (χ0v) is 24.0. The van der Waals surface area contributed by atoms with Gasteiger partial charge in [0.05, 0.1) is 12.2 Å². The average Bonchev–Trinajstić information content (AvgIpc) is 3.92. The summed E-state index contributed by atoms with van der Waals surface area (Å²) in [6.45, 7) is 0.126. The molecule has 1 heterocycles. The lowest BCUT2D eigenvalue weighted by Crippen LogP contribution is -2.44. The van der Waals surface area contributed by atoms with Gasteiger partial charge in [0.15, 0.2) is 5.79 Å². The van der Waals surface area contributed by atoms with Crippen LogP contribution in [0, 0.1) is 11.8 Å². The summed E-state index contributed by atoms with van der Waals surface area (Å²) < 4.78 is 19.2. The van der Waals surface area contributed by atoms with E-state index in [-0.39, 0.29) is 50.3 Å². The van der Waals surface area contributed by atoms with E-state index in [0.717, 1.165) is 31.2 Å². The lowest BCUT2D eigenvalue weighted by atomic mass is 9.91. The molecule has 3 fully saturated rings. The minimum absolute atomic E-state index is 0.0735. The van der Waals surface area contributed by atoms with Crippen molar-refractivity contribution in [2.24, 2.45) is 11.8 Å². The van der Waals surface area contributed by atoms with Gasteiger partial charge in [-0.3, -0.25) is 14.4 Å². The molecule has 1 aromatic carbocycles. The summed E-state index contributed by atoms with van der Waals surface area (Å²) in [6.07, 6.45) is 7.43. The molecule has 3 N–H and O–H groups in total. The van der Waals surface area contributed by atoms with E-state index in [1.807, 2.05) is 0 Å². The molecular formula is C31H39N3O8. The van der Waals surface area contributed by atoms with Crippen LogP contribution in [0.2, 0.25) is 0 Å². The normalized spacial score (nSPS) is 24.5. The van der Waals surface area contributed by atoms with Crippen molar-refractivity contribution in [3.63, 3.8) is 0 Å². The van der Waals surface area contributed by atoms with Crippen LogP contribution in [0.25, 0.3) is 6.08 Å². The van der Waals surface area contributed by atoms with E-state index in [9.17, 15) is 19.2 Å². The van der Waals surface area contributed by atoms with E-state index in [1.54, 1.807) is 50.5 Å². The molecular weight excluding hydrogens is 542 g/mol. The first-order valence-electron chi connectivity index (χ1n) is 14.6. The maximum atomic E-state index is 13.3. The Bertz CT molecular complexity index is 1240. The summed E-state index contributed by atoms with van der Waals surface area (Å²) in [5, 5.41) is 14.2. The molecule has 3 amide bonds. The Morgan fingerprint density at radius 3 is 2.33 bits per heavy atom. The molecule has 1 aromatic rings. The second-order valence-electron chi connectivity index (χ2n) is 11.5. The van der Waals surface area contributed by atoms with Crippen molar-refractivity contribution in [3.05, 3.63) is 53.1 Å². The molecule has 1 aliphatic heterocycles. The van der Waals surface area contributed by atoms with Crippen LogP contribution in [-0.4, -0.2) is 91.6 Å². The molecule has 3 aliphatic carbocycles. The van der Waals surface area contributed by atoms with Crippen molar-refractivity contribution < 1.29 is 38.5 Å². The molecule has 1 saturated heterocycles. The number of aliphatic hydroxyl groups is 1. The van der Waals surface area contributed by atoms with Crippen LogP contribution in [-0.2, 0) is 28.6 Å². The number of nitrogens with one attached hydrogen (secondary N) is 2. The number of carbonyl (C=O) groups excluding carboxylic acids is 4. The SMILES string of the molecule is CN(C)C(=O)C=Cc1ccc(C(=O)OC2CC(C(=O)NCCC(=O)NCCO)=CC3OC(C4CC4)(C4CC4)OC32)cc1. The summed E-state index contributed by atoms with van der Waals surface area (Å²) in [5.41, 5.74) is 1.52. The summed E-state index contributed by atoms with van der Waals surface area (Å²) in [6, 6.07) is 6.74. The molecule has 0 aromatic heterocycles. The molecule has 3 atom stereocenters. The minimum Gasteiger partial charge on any atom is -0.456 e. The van der Waals surface area contributed by atoms with Crippen molar-refractivity contribution in [2.75, 3.05) is 33.8 Å². The smallest absolute Gasteiger partial charge is 0.338 e. The highest BCUT2D eigenvalue weighted by molar-refractivity contribution is 5.95. The number of hydrogen-bond acceptors (Lipinski definition) is 8. The highest BCUT2D eigenvalue weighted by Gasteiger charge is 2.64. The first-order valence-corrected chi connectivity index (χ1v) is 14.6. The second kappa shape index (κ2) is 12.8. The van der Waals surface area contributed by atoms with Gasteiger partial charge in [-0.1, -0.05) is 12.1 Å². The van der Waals surface area contributed by atoms with Crippen LogP contribution in [0.15, 0.2) is 42.0 Å². The summed E-state index contributed by atoms with van der Waals surface area (Å²) in [4.78, 5) is 51.5. The van der Waals surface area contributed by atoms with Gasteiger partial charge in [0, 0.05) is 63.5 Å². The van der Waals surface area contributed by atoms with Crippen LogP contribution in [0.3, 0.4) is 0 Å². The molecule has 3 unspecified atom stereocenters. The Hall–Kier alpha value is -3.54. The van der Waals surface area contributed by atoms with E-state index >= 15 is 0 Å². The van der Waals surface area contributed by atoms with Gasteiger partial charge in [-0.25, -0.2) is 4.79 Å². The lowest BCUT2D eigenvalue weighted by molar-refractivity contribution is -0.209. The maximum absolute atomic E-state index is 13.3. The highest BCUT2D eigenvalue weighted by atomic mass is 16.8. The van der Waals surface area contributed by atoms with Crippen LogP contribution in [0.5, 0.6) is 0 Å². The number of likely N-dealkylation sites (N-methyl/N-ethyl adjacent to an activating group) is 1. The zero-order valence-electron chi connectivity index (χ0n) is 24.0. The fourth-order valence-electron chi connectivity index (χ4n) is 5.51. The quantitative estimate of drug-likeness (QED) is 0.249. The molecule has 11 heteroatoms. The first kappa shape index (κ1) is 29.9. The number of benzene rings is 1. The number of amides is 3. The van der Waals surface area contributed by atoms with Gasteiger partial charge in [0.2, 0.25) is 17.7 Å². The predicted octanol–water partition coefficient (Wildman–Crippen LogP) is 1.56. The first-order chi connectivity index (χ1) is 20.2. The number of nitrogens with zero attached hydrogens (tertiary/aromatic N) is 1. The predicted molar refractivity (Wildman–Crippen MR) is 152 cm³/mol. The lowest BCUT2D eigenvalue weighted by Gasteiger charge is -2.31. The molecule has 0 radical (unpaired) electrons. The number of fused-ring (bicyclic) bond motifs is 1. The maximum Gasteiger partial charge on any atom is 0.338 e. The van der Waals surface area contributed by atoms with Gasteiger partial charge < -0.3 is 34.9 Å². The van der Waals surface area contributed by atoms with Crippen LogP contribution in [0.1, 0.15) is 54.4 Å². The van der Waals surface area contributed by atoms with Crippen molar-refractivity contribution in [1.29, 1.82) is 0 Å². The third-order valence-corrected chi connectivity index (χ3v) is 8.04. The van der Waals surface area contributed by atoms with Gasteiger partial charge in [-0.05, 0) is 55.5 Å². The van der Waals surface area contributed by atoms with E-state index in [4.69, 9.17) is 19.3 Å². The van der Waals surface area contributed by atoms with Crippen LogP contribution < -0.4 is 10.6 Å². The standard InChI is InChI=1S/C31H39N3O8/c1-34(2)27(37)12-5-19-3-6-20(7-4-19)30(39)40-24-17-21(29(38)33-14-13-26(36)32-15-16-35)18-25-28(24)42-31(41-25,22-8-9-22)23-10-11-23/h3-7,12,18,22-25,28,35H,8-11,13-17H2,1-2H3,(H,32,36)(H,33,38). The number of rotatable bonds is 12. The molecule has 226 valence electrons. The highest BCUT2D eigenvalue weighted by Crippen LogP contribution is 2.59. The largest absolute Gasteiger partial charge is 0.456 e. The minimum atomic E-state index is -0.738. The average molecular weight is 582 g/mol. The van der Waals surface area contributed by atoms with Gasteiger partial charge in [-0.2, -0.15) is 0 Å². The van der Waals surface area contributed by atoms with Gasteiger partial charge in [0.25, 0.3) is 0 Å². The number of aliphatic hydroxyl groups excluding tert-OH is 1. The Labute approximate surface area is 245 Å². The van der Waals surface area contributed by atoms with E-state index in [0.29, 0.717) is 23.0 Å². The molecule has 4 aliphatic rings. The second-order valence-corrected chi connectivity index (χ2v) is 11.5. The zero-order chi connectivity index (χ0) is 29.9. The third-order valence-electron chi connectivity index (χ3n) is 8.04. The Balaban J connectivity index is 1.27. The Morgan fingerprint density at radius 2 is 1.71 bits per heavy atom. The van der Waals surface area contributed by atoms with Crippen molar-refractivity contribution >= 4 is 29.8 Å². The number of esters is 1. The number of hydrogen-bond donors (Lipinski definition) is 3. The summed E-state index contributed by atoms with van der Waals surface area (Å²) in [7, 11) is 3.34. The van der Waals surface area contributed by atoms with Gasteiger partial charge >= 0.3 is 5.97 Å². The number of carbonyl (C=O) groups is 4. The topological polar surface area (TPSA) is 144 Å². The summed E-state index contributed by atoms with van der Waals surface area (Å²) in [5.74, 6) is -1.41. The molecule has 2 saturated carbocycles. The van der Waals surface area contributed by atoms with Crippen LogP contribution in [0.4, 0.5) is 0 Å². The Kier molecular flexibility index (Phi) is 9.10. The van der Waals surface area contributed by atoms with Gasteiger partial charge in [0.1, 0.15) is 18.3 Å². The molecule has 5 rings (SSSR count). The molecule has 42 heavy (non-hydrogen) atoms. The third kappa shape index (κ3) is 6.91. The van der Waals surface area contributed by atoms with E-state index < -0.39 is 30.1 Å². The van der Waals surface area contributed by atoms with Gasteiger partial charge in [-0.15, -0.1) is 0 Å². The molecule has 0 spiro atoms.